The van der Waals surface area contributed by atoms with E-state index in [0.29, 0.717) is 20.6 Å². The van der Waals surface area contributed by atoms with Crippen LogP contribution in [0.5, 0.6) is 11.5 Å². The van der Waals surface area contributed by atoms with Gasteiger partial charge in [-0.3, -0.25) is 19.8 Å². The van der Waals surface area contributed by atoms with Gasteiger partial charge in [0.25, 0.3) is 5.91 Å². The number of hydrogen-bond acceptors (Lipinski definition) is 7. The fourth-order valence-electron chi connectivity index (χ4n) is 2.45. The third kappa shape index (κ3) is 3.75. The molecule has 0 bridgehead atoms. The lowest BCUT2D eigenvalue weighted by Crippen LogP contribution is -2.27. The maximum Gasteiger partial charge on any atom is 0.315 e. The lowest BCUT2D eigenvalue weighted by atomic mass is 10.1. The van der Waals surface area contributed by atoms with Gasteiger partial charge in [-0.25, -0.2) is 0 Å². The lowest BCUT2D eigenvalue weighted by Gasteiger charge is -2.14. The number of benzene rings is 2. The van der Waals surface area contributed by atoms with Crippen molar-refractivity contribution in [1.82, 2.24) is 0 Å². The molecule has 0 aromatic heterocycles. The van der Waals surface area contributed by atoms with E-state index >= 15 is 0 Å². The molecule has 138 valence electrons. The Balaban J connectivity index is 2.01. The third-order valence-corrected chi connectivity index (χ3v) is 5.19. The number of nitrogens with zero attached hydrogens (tertiary/aromatic N) is 2. The Kier molecular flexibility index (Phi) is 5.36. The lowest BCUT2D eigenvalue weighted by molar-refractivity contribution is -0.386. The summed E-state index contributed by atoms with van der Waals surface area (Å²) in [5.74, 6) is -1.02. The molecule has 1 fully saturated rings. The zero-order valence-electron chi connectivity index (χ0n) is 13.7. The maximum atomic E-state index is 12.8. The van der Waals surface area contributed by atoms with E-state index in [-0.39, 0.29) is 16.6 Å². The van der Waals surface area contributed by atoms with Crippen molar-refractivity contribution in [2.45, 2.75) is 0 Å². The normalized spacial score (nSPS) is 15.5. The number of phenols is 1. The molecule has 1 aliphatic rings. The second-order valence-corrected chi connectivity index (χ2v) is 7.46. The van der Waals surface area contributed by atoms with Crippen LogP contribution in [0, 0.1) is 10.1 Å². The molecule has 10 heteroatoms. The van der Waals surface area contributed by atoms with E-state index in [0.717, 1.165) is 17.8 Å². The van der Waals surface area contributed by atoms with Crippen LogP contribution in [0.25, 0.3) is 6.08 Å². The number of phenolic OH excluding ortho intramolecular Hbond substituents is 1. The van der Waals surface area contributed by atoms with Crippen molar-refractivity contribution < 1.29 is 19.6 Å². The monoisotopic (exact) mass is 422 g/mol. The van der Waals surface area contributed by atoms with Crippen LogP contribution in [0.1, 0.15) is 5.56 Å². The van der Waals surface area contributed by atoms with Crippen LogP contribution in [0.2, 0.25) is 5.02 Å². The number of hydrogen-bond donors (Lipinski definition) is 1. The molecule has 2 aromatic carbocycles. The molecule has 0 aliphatic carbocycles. The minimum Gasteiger partial charge on any atom is -0.500 e. The number of ether oxygens (including phenoxy) is 1. The second kappa shape index (κ2) is 7.55. The molecule has 0 spiro atoms. The first-order valence-corrected chi connectivity index (χ1v) is 9.01. The second-order valence-electron chi connectivity index (χ2n) is 5.34. The molecule has 0 unspecified atom stereocenters. The summed E-state index contributed by atoms with van der Waals surface area (Å²) >= 11 is 12.3. The van der Waals surface area contributed by atoms with Gasteiger partial charge in [0, 0.05) is 11.1 Å². The first-order valence-electron chi connectivity index (χ1n) is 7.40. The Labute approximate surface area is 168 Å². The molecule has 0 radical (unpaired) electrons. The molecule has 1 saturated heterocycles. The number of rotatable bonds is 4. The summed E-state index contributed by atoms with van der Waals surface area (Å²) in [5, 5.41) is 21.4. The van der Waals surface area contributed by atoms with E-state index < -0.39 is 16.4 Å². The number of carbonyl (C=O) groups excluding carboxylic acids is 1. The average molecular weight is 423 g/mol. The highest BCUT2D eigenvalue weighted by molar-refractivity contribution is 8.27. The number of thioether (sulfide) groups is 1. The molecular formula is C17H11ClN2O5S2. The van der Waals surface area contributed by atoms with E-state index in [4.69, 9.17) is 28.6 Å². The number of amides is 1. The molecule has 7 nitrogen and oxygen atoms in total. The van der Waals surface area contributed by atoms with E-state index in [1.54, 1.807) is 24.3 Å². The number of anilines is 1. The van der Waals surface area contributed by atoms with Gasteiger partial charge in [0.2, 0.25) is 5.75 Å². The highest BCUT2D eigenvalue weighted by Crippen LogP contribution is 2.40. The van der Waals surface area contributed by atoms with Crippen LogP contribution in [0.4, 0.5) is 11.4 Å². The van der Waals surface area contributed by atoms with E-state index in [2.05, 4.69) is 0 Å². The molecule has 1 aliphatic heterocycles. The standard InChI is InChI=1S/C17H11ClN2O5S2/c1-25-13-6-9(5-12(15(13)21)20(23)24)7-14-16(22)19(17(26)27-14)11-4-2-3-10(18)8-11/h2-8,21H,1H3/b14-7+. The third-order valence-electron chi connectivity index (χ3n) is 3.65. The molecule has 27 heavy (non-hydrogen) atoms. The van der Waals surface area contributed by atoms with E-state index in [9.17, 15) is 20.0 Å². The van der Waals surface area contributed by atoms with Crippen molar-refractivity contribution in [2.75, 3.05) is 12.0 Å². The number of carbonyl (C=O) groups is 1. The summed E-state index contributed by atoms with van der Waals surface area (Å²) < 4.78 is 5.28. The Bertz CT molecular complexity index is 1010. The Morgan fingerprint density at radius 2 is 2.11 bits per heavy atom. The average Bonchev–Trinajstić information content (AvgIpc) is 2.89. The van der Waals surface area contributed by atoms with Gasteiger partial charge in [0.1, 0.15) is 0 Å². The number of methoxy groups -OCH3 is 1. The van der Waals surface area contributed by atoms with Gasteiger partial charge >= 0.3 is 5.69 Å². The summed E-state index contributed by atoms with van der Waals surface area (Å²) in [5.41, 5.74) is 0.330. The predicted octanol–water partition coefficient (Wildman–Crippen LogP) is 4.37. The SMILES string of the molecule is COc1cc(/C=C2/SC(=S)N(c3cccc(Cl)c3)C2=O)cc([N+](=O)[O-])c1O. The molecule has 1 heterocycles. The summed E-state index contributed by atoms with van der Waals surface area (Å²) in [7, 11) is 1.28. The molecule has 1 amide bonds. The zero-order chi connectivity index (χ0) is 19.7. The first-order chi connectivity index (χ1) is 12.8. The minimum absolute atomic E-state index is 0.0687. The van der Waals surface area contributed by atoms with Crippen LogP contribution >= 0.6 is 35.6 Å². The molecule has 3 rings (SSSR count). The smallest absolute Gasteiger partial charge is 0.315 e. The van der Waals surface area contributed by atoms with Gasteiger partial charge in [-0.15, -0.1) is 0 Å². The van der Waals surface area contributed by atoms with Crippen LogP contribution in [0.15, 0.2) is 41.3 Å². The summed E-state index contributed by atoms with van der Waals surface area (Å²) in [4.78, 5) is 24.8. The minimum atomic E-state index is -0.730. The van der Waals surface area contributed by atoms with Gasteiger partial charge in [0.05, 0.1) is 22.6 Å². The Morgan fingerprint density at radius 3 is 2.74 bits per heavy atom. The largest absolute Gasteiger partial charge is 0.500 e. The number of aromatic hydroxyl groups is 1. The summed E-state index contributed by atoms with van der Waals surface area (Å²) in [6.07, 6.45) is 1.46. The Hall–Kier alpha value is -2.62. The number of halogens is 1. The number of nitro groups is 1. The highest BCUT2D eigenvalue weighted by atomic mass is 35.5. The van der Waals surface area contributed by atoms with E-state index in [1.807, 2.05) is 0 Å². The van der Waals surface area contributed by atoms with Gasteiger partial charge in [0.15, 0.2) is 10.1 Å². The maximum absolute atomic E-state index is 12.8. The van der Waals surface area contributed by atoms with Crippen LogP contribution < -0.4 is 9.64 Å². The molecule has 1 N–H and O–H groups in total. The van der Waals surface area contributed by atoms with Gasteiger partial charge in [-0.05, 0) is 35.9 Å². The van der Waals surface area contributed by atoms with Gasteiger partial charge < -0.3 is 9.84 Å². The number of nitro benzene ring substituents is 1. The fourth-order valence-corrected chi connectivity index (χ4v) is 3.93. The van der Waals surface area contributed by atoms with Gasteiger partial charge in [-0.2, -0.15) is 0 Å². The van der Waals surface area contributed by atoms with Crippen LogP contribution in [-0.2, 0) is 4.79 Å². The number of thiocarbonyl (C=S) groups is 1. The Morgan fingerprint density at radius 1 is 1.37 bits per heavy atom. The van der Waals surface area contributed by atoms with Crippen LogP contribution in [-0.4, -0.2) is 27.4 Å². The molecule has 0 saturated carbocycles. The highest BCUT2D eigenvalue weighted by Gasteiger charge is 2.33. The molecular weight excluding hydrogens is 412 g/mol. The quantitative estimate of drug-likeness (QED) is 0.338. The summed E-state index contributed by atoms with van der Waals surface area (Å²) in [6.45, 7) is 0. The van der Waals surface area contributed by atoms with Crippen LogP contribution in [0.3, 0.4) is 0 Å². The van der Waals surface area contributed by atoms with E-state index in [1.165, 1.54) is 24.2 Å². The van der Waals surface area contributed by atoms with Gasteiger partial charge in [-0.1, -0.05) is 41.6 Å². The van der Waals surface area contributed by atoms with Crippen molar-refractivity contribution in [3.05, 3.63) is 62.0 Å². The fraction of sp³-hybridized carbons (Fsp3) is 0.0588. The van der Waals surface area contributed by atoms with Crippen molar-refractivity contribution in [3.63, 3.8) is 0 Å². The van der Waals surface area contributed by atoms with Crippen molar-refractivity contribution in [1.29, 1.82) is 0 Å². The predicted molar refractivity (Wildman–Crippen MR) is 108 cm³/mol. The van der Waals surface area contributed by atoms with Crippen molar-refractivity contribution in [3.8, 4) is 11.5 Å². The summed E-state index contributed by atoms with van der Waals surface area (Å²) in [6, 6.07) is 9.25. The molecule has 0 atom stereocenters. The first kappa shape index (κ1) is 19.2. The zero-order valence-corrected chi connectivity index (χ0v) is 16.1. The van der Waals surface area contributed by atoms with Crippen molar-refractivity contribution in [2.24, 2.45) is 0 Å². The topological polar surface area (TPSA) is 92.9 Å². The molecule has 2 aromatic rings. The van der Waals surface area contributed by atoms with Crippen molar-refractivity contribution >= 4 is 63.3 Å².